The van der Waals surface area contributed by atoms with Crippen molar-refractivity contribution in [2.24, 2.45) is 5.92 Å². The largest absolute Gasteiger partial charge is 0.481 e. The number of nitrogens with zero attached hydrogens (tertiary/aromatic N) is 1. The van der Waals surface area contributed by atoms with Crippen LogP contribution in [0.15, 0.2) is 24.3 Å². The highest BCUT2D eigenvalue weighted by Crippen LogP contribution is 2.31. The summed E-state index contributed by atoms with van der Waals surface area (Å²) in [6.07, 6.45) is 2.07. The Labute approximate surface area is 108 Å². The van der Waals surface area contributed by atoms with E-state index in [4.69, 9.17) is 5.11 Å². The van der Waals surface area contributed by atoms with E-state index in [0.717, 1.165) is 13.0 Å². The van der Waals surface area contributed by atoms with E-state index in [9.17, 15) is 4.79 Å². The van der Waals surface area contributed by atoms with E-state index < -0.39 is 5.97 Å². The smallest absolute Gasteiger partial charge is 0.303 e. The second-order valence-corrected chi connectivity index (χ2v) is 5.37. The molecule has 1 aliphatic heterocycles. The first-order chi connectivity index (χ1) is 8.58. The zero-order chi connectivity index (χ0) is 13.1. The highest BCUT2D eigenvalue weighted by atomic mass is 16.4. The molecule has 3 nitrogen and oxygen atoms in total. The van der Waals surface area contributed by atoms with Crippen LogP contribution in [-0.4, -0.2) is 23.7 Å². The fraction of sp³-hybridized carbons (Fsp3) is 0.533. The zero-order valence-electron chi connectivity index (χ0n) is 11.1. The number of anilines is 1. The number of rotatable bonds is 4. The van der Waals surface area contributed by atoms with Crippen LogP contribution in [-0.2, 0) is 11.2 Å². The standard InChI is InChI=1S/C15H21NO2/c1-11-9-13-5-3-4-6-14(13)16(10-11)12(2)7-8-15(17)18/h3-6,11-12H,7-10H2,1-2H3,(H,17,18). The number of para-hydroxylation sites is 1. The lowest BCUT2D eigenvalue weighted by Crippen LogP contribution is -2.40. The molecule has 1 N–H and O–H groups in total. The van der Waals surface area contributed by atoms with E-state index in [1.54, 1.807) is 0 Å². The normalized spacial score (nSPS) is 20.3. The zero-order valence-corrected chi connectivity index (χ0v) is 11.1. The van der Waals surface area contributed by atoms with Gasteiger partial charge < -0.3 is 10.0 Å². The minimum absolute atomic E-state index is 0.244. The summed E-state index contributed by atoms with van der Waals surface area (Å²) in [6.45, 7) is 5.41. The maximum Gasteiger partial charge on any atom is 0.303 e. The molecule has 2 unspecified atom stereocenters. The molecule has 0 spiro atoms. The molecule has 18 heavy (non-hydrogen) atoms. The van der Waals surface area contributed by atoms with Crippen LogP contribution in [0.1, 0.15) is 32.3 Å². The summed E-state index contributed by atoms with van der Waals surface area (Å²) in [5, 5.41) is 8.79. The quantitative estimate of drug-likeness (QED) is 0.889. The van der Waals surface area contributed by atoms with E-state index in [1.165, 1.54) is 11.3 Å². The van der Waals surface area contributed by atoms with Crippen LogP contribution >= 0.6 is 0 Å². The summed E-state index contributed by atoms with van der Waals surface area (Å²) in [6, 6.07) is 8.76. The highest BCUT2D eigenvalue weighted by molar-refractivity contribution is 5.67. The molecule has 0 bridgehead atoms. The van der Waals surface area contributed by atoms with Crippen molar-refractivity contribution in [1.29, 1.82) is 0 Å². The van der Waals surface area contributed by atoms with Crippen LogP contribution in [0.4, 0.5) is 5.69 Å². The first kappa shape index (κ1) is 12.9. The summed E-state index contributed by atoms with van der Waals surface area (Å²) < 4.78 is 0. The predicted molar refractivity (Wildman–Crippen MR) is 73.0 cm³/mol. The van der Waals surface area contributed by atoms with Gasteiger partial charge in [0.05, 0.1) is 0 Å². The van der Waals surface area contributed by atoms with Crippen molar-refractivity contribution >= 4 is 11.7 Å². The molecule has 0 saturated carbocycles. The van der Waals surface area contributed by atoms with Gasteiger partial charge in [-0.3, -0.25) is 4.79 Å². The predicted octanol–water partition coefficient (Wildman–Crippen LogP) is 2.94. The molecule has 3 heteroatoms. The fourth-order valence-electron chi connectivity index (χ4n) is 2.74. The average Bonchev–Trinajstić information content (AvgIpc) is 2.34. The van der Waals surface area contributed by atoms with Crippen LogP contribution in [0.25, 0.3) is 0 Å². The molecular weight excluding hydrogens is 226 g/mol. The Morgan fingerprint density at radius 2 is 2.22 bits per heavy atom. The molecule has 0 radical (unpaired) electrons. The molecule has 2 atom stereocenters. The van der Waals surface area contributed by atoms with Crippen LogP contribution in [0, 0.1) is 5.92 Å². The SMILES string of the molecule is CC1Cc2ccccc2N(C(C)CCC(=O)O)C1. The van der Waals surface area contributed by atoms with Gasteiger partial charge in [0, 0.05) is 24.7 Å². The molecule has 98 valence electrons. The third kappa shape index (κ3) is 2.84. The second-order valence-electron chi connectivity index (χ2n) is 5.37. The van der Waals surface area contributed by atoms with Gasteiger partial charge in [-0.15, -0.1) is 0 Å². The van der Waals surface area contributed by atoms with Gasteiger partial charge in [0.1, 0.15) is 0 Å². The molecule has 2 rings (SSSR count). The van der Waals surface area contributed by atoms with Gasteiger partial charge in [-0.2, -0.15) is 0 Å². The minimum Gasteiger partial charge on any atom is -0.481 e. The highest BCUT2D eigenvalue weighted by Gasteiger charge is 2.24. The van der Waals surface area contributed by atoms with E-state index in [0.29, 0.717) is 12.3 Å². The second kappa shape index (κ2) is 5.42. The summed E-state index contributed by atoms with van der Waals surface area (Å²) in [7, 11) is 0. The number of carboxylic acid groups (broad SMARTS) is 1. The van der Waals surface area contributed by atoms with Crippen LogP contribution < -0.4 is 4.90 Å². The van der Waals surface area contributed by atoms with Crippen molar-refractivity contribution in [2.75, 3.05) is 11.4 Å². The third-order valence-electron chi connectivity index (χ3n) is 3.69. The lowest BCUT2D eigenvalue weighted by atomic mass is 9.92. The van der Waals surface area contributed by atoms with Crippen molar-refractivity contribution in [2.45, 2.75) is 39.2 Å². The van der Waals surface area contributed by atoms with Gasteiger partial charge in [0.25, 0.3) is 0 Å². The molecule has 1 aromatic carbocycles. The lowest BCUT2D eigenvalue weighted by molar-refractivity contribution is -0.137. The van der Waals surface area contributed by atoms with Crippen LogP contribution in [0.2, 0.25) is 0 Å². The Bertz CT molecular complexity index is 430. The maximum absolute atomic E-state index is 10.7. The van der Waals surface area contributed by atoms with Gasteiger partial charge >= 0.3 is 5.97 Å². The first-order valence-electron chi connectivity index (χ1n) is 6.64. The number of hydrogen-bond donors (Lipinski definition) is 1. The van der Waals surface area contributed by atoms with Gasteiger partial charge in [0.2, 0.25) is 0 Å². The first-order valence-corrected chi connectivity index (χ1v) is 6.64. The Hall–Kier alpha value is -1.51. The number of fused-ring (bicyclic) bond motifs is 1. The summed E-state index contributed by atoms with van der Waals surface area (Å²) in [5.41, 5.74) is 2.67. The van der Waals surface area contributed by atoms with E-state index >= 15 is 0 Å². The number of hydrogen-bond acceptors (Lipinski definition) is 2. The Morgan fingerprint density at radius 3 is 2.94 bits per heavy atom. The molecule has 0 fully saturated rings. The van der Waals surface area contributed by atoms with E-state index in [-0.39, 0.29) is 12.5 Å². The Balaban J connectivity index is 2.15. The molecule has 0 saturated heterocycles. The van der Waals surface area contributed by atoms with Crippen molar-refractivity contribution < 1.29 is 9.90 Å². The number of carbonyl (C=O) groups is 1. The summed E-state index contributed by atoms with van der Waals surface area (Å²) in [5.74, 6) is -0.0765. The van der Waals surface area contributed by atoms with Crippen molar-refractivity contribution in [3.05, 3.63) is 29.8 Å². The lowest BCUT2D eigenvalue weighted by Gasteiger charge is -2.39. The molecule has 1 aliphatic rings. The molecule has 1 aromatic rings. The molecule has 0 aromatic heterocycles. The van der Waals surface area contributed by atoms with Crippen LogP contribution in [0.3, 0.4) is 0 Å². The topological polar surface area (TPSA) is 40.5 Å². The fourth-order valence-corrected chi connectivity index (χ4v) is 2.74. The molecular formula is C15H21NO2. The number of carboxylic acids is 1. The maximum atomic E-state index is 10.7. The van der Waals surface area contributed by atoms with Gasteiger partial charge in [-0.05, 0) is 37.3 Å². The molecule has 0 amide bonds. The monoisotopic (exact) mass is 247 g/mol. The van der Waals surface area contributed by atoms with Gasteiger partial charge in [-0.25, -0.2) is 0 Å². The summed E-state index contributed by atoms with van der Waals surface area (Å²) >= 11 is 0. The summed E-state index contributed by atoms with van der Waals surface area (Å²) in [4.78, 5) is 13.0. The van der Waals surface area contributed by atoms with Crippen molar-refractivity contribution in [3.8, 4) is 0 Å². The van der Waals surface area contributed by atoms with Crippen molar-refractivity contribution in [3.63, 3.8) is 0 Å². The Morgan fingerprint density at radius 1 is 1.50 bits per heavy atom. The average molecular weight is 247 g/mol. The van der Waals surface area contributed by atoms with Crippen molar-refractivity contribution in [1.82, 2.24) is 0 Å². The number of aliphatic carboxylic acids is 1. The van der Waals surface area contributed by atoms with Gasteiger partial charge in [-0.1, -0.05) is 25.1 Å². The molecule has 0 aliphatic carbocycles. The van der Waals surface area contributed by atoms with E-state index in [2.05, 4.69) is 43.0 Å². The number of benzene rings is 1. The van der Waals surface area contributed by atoms with Gasteiger partial charge in [0.15, 0.2) is 0 Å². The van der Waals surface area contributed by atoms with E-state index in [1.807, 2.05) is 0 Å². The van der Waals surface area contributed by atoms with Crippen LogP contribution in [0.5, 0.6) is 0 Å². The third-order valence-corrected chi connectivity index (χ3v) is 3.69. The Kier molecular flexibility index (Phi) is 3.90. The molecule has 1 heterocycles. The minimum atomic E-state index is -0.708.